The fourth-order valence-electron chi connectivity index (χ4n) is 3.31. The number of carbonyl (C=O) groups excluding carboxylic acids is 1. The molecule has 6 heteroatoms. The number of benzene rings is 1. The Labute approximate surface area is 152 Å². The van der Waals surface area contributed by atoms with E-state index in [1.54, 1.807) is 6.07 Å². The Kier molecular flexibility index (Phi) is 7.52. The molecule has 5 N–H and O–H groups in total. The molecule has 1 atom stereocenters. The van der Waals surface area contributed by atoms with Gasteiger partial charge in [-0.1, -0.05) is 26.2 Å². The largest absolute Gasteiger partial charge is 0.398 e. The molecule has 1 aliphatic rings. The molecular formula is C18H28BrN3O2. The second-order valence-corrected chi connectivity index (χ2v) is 7.26. The van der Waals surface area contributed by atoms with Crippen LogP contribution in [0, 0.1) is 0 Å². The van der Waals surface area contributed by atoms with Crippen LogP contribution < -0.4 is 16.4 Å². The van der Waals surface area contributed by atoms with Gasteiger partial charge in [0.1, 0.15) is 0 Å². The van der Waals surface area contributed by atoms with Crippen LogP contribution in [0.3, 0.4) is 0 Å². The number of rotatable bonds is 7. The summed E-state index contributed by atoms with van der Waals surface area (Å²) in [5.41, 5.74) is 8.48. The van der Waals surface area contributed by atoms with E-state index in [1.165, 1.54) is 32.1 Å². The van der Waals surface area contributed by atoms with Crippen molar-refractivity contribution in [2.75, 3.05) is 18.9 Å². The van der Waals surface area contributed by atoms with Gasteiger partial charge >= 0.3 is 0 Å². The summed E-state index contributed by atoms with van der Waals surface area (Å²) in [7, 11) is 0. The second-order valence-electron chi connectivity index (χ2n) is 6.40. The van der Waals surface area contributed by atoms with E-state index >= 15 is 0 Å². The van der Waals surface area contributed by atoms with E-state index in [4.69, 9.17) is 10.8 Å². The second kappa shape index (κ2) is 9.39. The number of hydrogen-bond donors (Lipinski definition) is 4. The predicted molar refractivity (Wildman–Crippen MR) is 101 cm³/mol. The molecule has 0 aliphatic heterocycles. The van der Waals surface area contributed by atoms with E-state index in [-0.39, 0.29) is 25.1 Å². The highest BCUT2D eigenvalue weighted by atomic mass is 79.9. The number of nitrogens with two attached hydrogens (primary N) is 1. The monoisotopic (exact) mass is 397 g/mol. The highest BCUT2D eigenvalue weighted by Gasteiger charge is 2.22. The zero-order chi connectivity index (χ0) is 17.5. The van der Waals surface area contributed by atoms with Crippen LogP contribution in [0.5, 0.6) is 0 Å². The zero-order valence-electron chi connectivity index (χ0n) is 14.3. The Balaban J connectivity index is 2.21. The zero-order valence-corrected chi connectivity index (χ0v) is 15.9. The minimum absolute atomic E-state index is 0.0738. The van der Waals surface area contributed by atoms with Crippen molar-refractivity contribution >= 4 is 27.5 Å². The number of aliphatic hydroxyl groups is 1. The van der Waals surface area contributed by atoms with Gasteiger partial charge in [0.15, 0.2) is 0 Å². The smallest absolute Gasteiger partial charge is 0.251 e. The van der Waals surface area contributed by atoms with Crippen molar-refractivity contribution in [1.29, 1.82) is 0 Å². The molecule has 134 valence electrons. The van der Waals surface area contributed by atoms with Crippen LogP contribution in [0.4, 0.5) is 5.69 Å². The molecule has 24 heavy (non-hydrogen) atoms. The van der Waals surface area contributed by atoms with E-state index in [2.05, 4.69) is 33.5 Å². The number of anilines is 1. The number of halogens is 1. The Morgan fingerprint density at radius 3 is 2.71 bits per heavy atom. The van der Waals surface area contributed by atoms with Crippen molar-refractivity contribution in [3.8, 4) is 0 Å². The minimum Gasteiger partial charge on any atom is -0.398 e. The van der Waals surface area contributed by atoms with Crippen molar-refractivity contribution in [1.82, 2.24) is 10.6 Å². The Bertz CT molecular complexity index is 559. The lowest BCUT2D eigenvalue weighted by molar-refractivity contribution is 0.0944. The predicted octanol–water partition coefficient (Wildman–Crippen LogP) is 3.13. The normalized spacial score (nSPS) is 16.8. The van der Waals surface area contributed by atoms with Crippen molar-refractivity contribution in [2.24, 2.45) is 0 Å². The first kappa shape index (κ1) is 19.2. The van der Waals surface area contributed by atoms with Crippen molar-refractivity contribution in [3.63, 3.8) is 0 Å². The highest BCUT2D eigenvalue weighted by molar-refractivity contribution is 9.10. The molecule has 1 unspecified atom stereocenters. The van der Waals surface area contributed by atoms with Crippen LogP contribution in [0.2, 0.25) is 0 Å². The minimum atomic E-state index is -0.196. The first-order chi connectivity index (χ1) is 11.6. The summed E-state index contributed by atoms with van der Waals surface area (Å²) >= 11 is 3.47. The molecule has 1 aromatic carbocycles. The molecule has 0 spiro atoms. The third-order valence-electron chi connectivity index (χ3n) is 4.65. The van der Waals surface area contributed by atoms with Gasteiger partial charge in [0.2, 0.25) is 0 Å². The lowest BCUT2D eigenvalue weighted by Gasteiger charge is -2.29. The molecule has 1 amide bonds. The molecule has 1 saturated carbocycles. The lowest BCUT2D eigenvalue weighted by atomic mass is 9.92. The van der Waals surface area contributed by atoms with Gasteiger partial charge in [-0.25, -0.2) is 0 Å². The van der Waals surface area contributed by atoms with E-state index in [1.807, 2.05) is 6.07 Å². The quantitative estimate of drug-likeness (QED) is 0.532. The molecule has 0 heterocycles. The van der Waals surface area contributed by atoms with Gasteiger partial charge in [0.25, 0.3) is 5.91 Å². The first-order valence-electron chi connectivity index (χ1n) is 8.80. The number of amides is 1. The van der Waals surface area contributed by atoms with Crippen LogP contribution in [0.15, 0.2) is 16.6 Å². The summed E-state index contributed by atoms with van der Waals surface area (Å²) in [5, 5.41) is 15.3. The Hall–Kier alpha value is -1.11. The topological polar surface area (TPSA) is 87.4 Å². The first-order valence-corrected chi connectivity index (χ1v) is 9.60. The SMILES string of the molecule is CCC(NC1CCCCC1)c1cc(C(=O)NCCO)cc(Br)c1N. The fourth-order valence-corrected chi connectivity index (χ4v) is 3.79. The maximum absolute atomic E-state index is 12.2. The number of aliphatic hydroxyl groups excluding tert-OH is 1. The highest BCUT2D eigenvalue weighted by Crippen LogP contribution is 2.32. The number of nitrogens with one attached hydrogen (secondary N) is 2. The molecular weight excluding hydrogens is 370 g/mol. The van der Waals surface area contributed by atoms with E-state index < -0.39 is 0 Å². The Morgan fingerprint density at radius 2 is 2.08 bits per heavy atom. The van der Waals surface area contributed by atoms with Gasteiger partial charge in [-0.2, -0.15) is 0 Å². The molecule has 1 aliphatic carbocycles. The molecule has 0 saturated heterocycles. The molecule has 0 radical (unpaired) electrons. The fraction of sp³-hybridized carbons (Fsp3) is 0.611. The van der Waals surface area contributed by atoms with Crippen molar-refractivity contribution in [2.45, 2.75) is 57.5 Å². The van der Waals surface area contributed by atoms with Gasteiger partial charge < -0.3 is 21.5 Å². The number of carbonyl (C=O) groups is 1. The van der Waals surface area contributed by atoms with E-state index in [0.717, 1.165) is 16.5 Å². The van der Waals surface area contributed by atoms with Gasteiger partial charge in [-0.3, -0.25) is 4.79 Å². The molecule has 1 aromatic rings. The van der Waals surface area contributed by atoms with Crippen molar-refractivity contribution in [3.05, 3.63) is 27.7 Å². The summed E-state index contributed by atoms with van der Waals surface area (Å²) in [6, 6.07) is 4.26. The van der Waals surface area contributed by atoms with Gasteiger partial charge in [-0.15, -0.1) is 0 Å². The summed E-state index contributed by atoms with van der Waals surface area (Å²) in [4.78, 5) is 12.2. The maximum atomic E-state index is 12.2. The molecule has 2 rings (SSSR count). The third kappa shape index (κ3) is 4.94. The third-order valence-corrected chi connectivity index (χ3v) is 5.30. The summed E-state index contributed by atoms with van der Waals surface area (Å²) < 4.78 is 0.734. The average molecular weight is 398 g/mol. The maximum Gasteiger partial charge on any atom is 0.251 e. The van der Waals surface area contributed by atoms with Crippen molar-refractivity contribution < 1.29 is 9.90 Å². The van der Waals surface area contributed by atoms with Crippen LogP contribution >= 0.6 is 15.9 Å². The number of hydrogen-bond acceptors (Lipinski definition) is 4. The summed E-state index contributed by atoms with van der Waals surface area (Å²) in [6.45, 7) is 2.30. The summed E-state index contributed by atoms with van der Waals surface area (Å²) in [6.07, 6.45) is 7.19. The van der Waals surface area contributed by atoms with Crippen LogP contribution in [0.1, 0.15) is 67.4 Å². The van der Waals surface area contributed by atoms with Crippen LogP contribution in [-0.4, -0.2) is 30.2 Å². The van der Waals surface area contributed by atoms with Gasteiger partial charge in [-0.05, 0) is 52.9 Å². The molecule has 1 fully saturated rings. The molecule has 0 aromatic heterocycles. The average Bonchev–Trinajstić information content (AvgIpc) is 2.60. The van der Waals surface area contributed by atoms with E-state index in [9.17, 15) is 4.79 Å². The van der Waals surface area contributed by atoms with Gasteiger partial charge in [0, 0.05) is 28.7 Å². The lowest BCUT2D eigenvalue weighted by Crippen LogP contribution is -2.35. The van der Waals surface area contributed by atoms with Crippen LogP contribution in [-0.2, 0) is 0 Å². The number of nitrogen functional groups attached to an aromatic ring is 1. The van der Waals surface area contributed by atoms with E-state index in [0.29, 0.717) is 17.3 Å². The Morgan fingerprint density at radius 1 is 1.38 bits per heavy atom. The molecule has 0 bridgehead atoms. The van der Waals surface area contributed by atoms with Gasteiger partial charge in [0.05, 0.1) is 12.3 Å². The standard InChI is InChI=1S/C18H28BrN3O2/c1-2-16(22-13-6-4-3-5-7-13)14-10-12(11-15(19)17(14)20)18(24)21-8-9-23/h10-11,13,16,22-23H,2-9,20H2,1H3,(H,21,24). The summed E-state index contributed by atoms with van der Waals surface area (Å²) in [5.74, 6) is -0.196. The van der Waals surface area contributed by atoms with Crippen LogP contribution in [0.25, 0.3) is 0 Å². The molecule has 5 nitrogen and oxygen atoms in total.